The number of aliphatic carboxylic acids is 1. The van der Waals surface area contributed by atoms with Gasteiger partial charge in [0.2, 0.25) is 0 Å². The number of hydrogen-bond donors (Lipinski definition) is 4. The fourth-order valence-corrected chi connectivity index (χ4v) is 1.56. The Bertz CT molecular complexity index is 409. The van der Waals surface area contributed by atoms with E-state index in [1.807, 2.05) is 6.07 Å². The van der Waals surface area contributed by atoms with Gasteiger partial charge >= 0.3 is 5.97 Å². The molecule has 5 N–H and O–H groups in total. The van der Waals surface area contributed by atoms with E-state index in [9.17, 15) is 4.79 Å². The fraction of sp³-hybridized carbons (Fsp3) is 0.417. The number of benzene rings is 1. The average molecular weight is 254 g/mol. The number of hydrogen-bond acceptors (Lipinski definition) is 5. The minimum Gasteiger partial charge on any atom is -0.495 e. The Labute approximate surface area is 105 Å². The molecule has 6 heteroatoms. The largest absolute Gasteiger partial charge is 0.495 e. The van der Waals surface area contributed by atoms with Gasteiger partial charge < -0.3 is 26.0 Å². The molecular formula is C12H18N2O4. The first-order chi connectivity index (χ1) is 8.58. The molecule has 0 aliphatic rings. The molecule has 0 aliphatic heterocycles. The molecule has 0 spiro atoms. The van der Waals surface area contributed by atoms with Crippen LogP contribution >= 0.6 is 0 Å². The zero-order chi connectivity index (χ0) is 13.5. The molecule has 18 heavy (non-hydrogen) atoms. The number of methoxy groups -OCH3 is 1. The molecule has 100 valence electrons. The number of nitrogen functional groups attached to an aromatic ring is 1. The number of carboxylic acid groups (broad SMARTS) is 1. The van der Waals surface area contributed by atoms with Crippen LogP contribution in [0.2, 0.25) is 0 Å². The molecule has 0 saturated heterocycles. The van der Waals surface area contributed by atoms with E-state index in [1.165, 1.54) is 0 Å². The van der Waals surface area contributed by atoms with Crippen molar-refractivity contribution in [3.8, 4) is 5.75 Å². The van der Waals surface area contributed by atoms with Gasteiger partial charge in [-0.25, -0.2) is 0 Å². The zero-order valence-electron chi connectivity index (χ0n) is 10.2. The Morgan fingerprint density at radius 2 is 2.28 bits per heavy atom. The van der Waals surface area contributed by atoms with Crippen molar-refractivity contribution in [1.82, 2.24) is 5.32 Å². The molecule has 0 amide bonds. The van der Waals surface area contributed by atoms with Gasteiger partial charge in [-0.15, -0.1) is 0 Å². The summed E-state index contributed by atoms with van der Waals surface area (Å²) >= 11 is 0. The normalized spacial score (nSPS) is 12.1. The van der Waals surface area contributed by atoms with E-state index < -0.39 is 18.6 Å². The molecule has 1 rings (SSSR count). The molecule has 1 atom stereocenters. The van der Waals surface area contributed by atoms with E-state index in [0.29, 0.717) is 24.4 Å². The van der Waals surface area contributed by atoms with Crippen LogP contribution in [0, 0.1) is 0 Å². The Morgan fingerprint density at radius 1 is 1.56 bits per heavy atom. The molecular weight excluding hydrogens is 236 g/mol. The standard InChI is InChI=1S/C12H18N2O4/c1-18-11-3-2-8(6-9(11)13)4-5-14-10(7-15)12(16)17/h2-3,6,10,14-15H,4-5,7,13H2,1H3,(H,16,17). The highest BCUT2D eigenvalue weighted by Crippen LogP contribution is 2.21. The van der Waals surface area contributed by atoms with Crippen LogP contribution in [0.1, 0.15) is 5.56 Å². The maximum atomic E-state index is 10.7. The van der Waals surface area contributed by atoms with E-state index in [4.69, 9.17) is 20.7 Å². The predicted octanol–water partition coefficient (Wildman–Crippen LogP) is -0.145. The van der Waals surface area contributed by atoms with Crippen molar-refractivity contribution in [2.24, 2.45) is 0 Å². The number of ether oxygens (including phenoxy) is 1. The van der Waals surface area contributed by atoms with Crippen molar-refractivity contribution in [1.29, 1.82) is 0 Å². The number of aliphatic hydroxyl groups is 1. The van der Waals surface area contributed by atoms with Crippen molar-refractivity contribution in [2.45, 2.75) is 12.5 Å². The lowest BCUT2D eigenvalue weighted by Gasteiger charge is -2.12. The van der Waals surface area contributed by atoms with Crippen LogP contribution in [0.4, 0.5) is 5.69 Å². The van der Waals surface area contributed by atoms with Crippen molar-refractivity contribution in [2.75, 3.05) is 26.0 Å². The molecule has 0 saturated carbocycles. The second-order valence-corrected chi connectivity index (χ2v) is 3.85. The average Bonchev–Trinajstić information content (AvgIpc) is 2.34. The van der Waals surface area contributed by atoms with E-state index in [-0.39, 0.29) is 0 Å². The summed E-state index contributed by atoms with van der Waals surface area (Å²) in [6, 6.07) is 4.49. The van der Waals surface area contributed by atoms with Gasteiger partial charge in [0.25, 0.3) is 0 Å². The van der Waals surface area contributed by atoms with Gasteiger partial charge in [-0.2, -0.15) is 0 Å². The topological polar surface area (TPSA) is 105 Å². The highest BCUT2D eigenvalue weighted by Gasteiger charge is 2.14. The summed E-state index contributed by atoms with van der Waals surface area (Å²) in [5.41, 5.74) is 7.28. The number of nitrogens with one attached hydrogen (secondary N) is 1. The molecule has 0 aliphatic carbocycles. The lowest BCUT2D eigenvalue weighted by Crippen LogP contribution is -2.40. The highest BCUT2D eigenvalue weighted by molar-refractivity contribution is 5.73. The van der Waals surface area contributed by atoms with Gasteiger partial charge in [0.1, 0.15) is 11.8 Å². The van der Waals surface area contributed by atoms with Crippen LogP contribution in [0.3, 0.4) is 0 Å². The second kappa shape index (κ2) is 6.83. The van der Waals surface area contributed by atoms with Crippen LogP contribution in [-0.4, -0.2) is 42.5 Å². The molecule has 1 aromatic carbocycles. The monoisotopic (exact) mass is 254 g/mol. The number of carboxylic acids is 1. The first-order valence-corrected chi connectivity index (χ1v) is 5.58. The molecule has 1 unspecified atom stereocenters. The summed E-state index contributed by atoms with van der Waals surface area (Å²) in [6.07, 6.45) is 0.623. The maximum absolute atomic E-state index is 10.7. The lowest BCUT2D eigenvalue weighted by molar-refractivity contribution is -0.140. The van der Waals surface area contributed by atoms with Gasteiger partial charge in [0.15, 0.2) is 0 Å². The minimum atomic E-state index is -1.06. The number of nitrogens with two attached hydrogens (primary N) is 1. The third kappa shape index (κ3) is 3.90. The Balaban J connectivity index is 2.49. The van der Waals surface area contributed by atoms with Gasteiger partial charge in [-0.3, -0.25) is 4.79 Å². The second-order valence-electron chi connectivity index (χ2n) is 3.85. The first-order valence-electron chi connectivity index (χ1n) is 5.58. The lowest BCUT2D eigenvalue weighted by atomic mass is 10.1. The zero-order valence-corrected chi connectivity index (χ0v) is 10.2. The van der Waals surface area contributed by atoms with Crippen LogP contribution < -0.4 is 15.8 Å². The van der Waals surface area contributed by atoms with Crippen LogP contribution in [0.25, 0.3) is 0 Å². The summed E-state index contributed by atoms with van der Waals surface area (Å²) in [5, 5.41) is 20.3. The summed E-state index contributed by atoms with van der Waals surface area (Å²) in [5.74, 6) is -0.447. The SMILES string of the molecule is COc1ccc(CCNC(CO)C(=O)O)cc1N. The van der Waals surface area contributed by atoms with E-state index >= 15 is 0 Å². The minimum absolute atomic E-state index is 0.430. The fourth-order valence-electron chi connectivity index (χ4n) is 1.56. The van der Waals surface area contributed by atoms with Gasteiger partial charge in [0.05, 0.1) is 19.4 Å². The molecule has 0 fully saturated rings. The number of aliphatic hydroxyl groups excluding tert-OH is 1. The van der Waals surface area contributed by atoms with Crippen LogP contribution in [0.15, 0.2) is 18.2 Å². The van der Waals surface area contributed by atoms with Gasteiger partial charge in [-0.05, 0) is 24.1 Å². The third-order valence-corrected chi connectivity index (χ3v) is 2.58. The molecule has 0 bridgehead atoms. The number of carbonyl (C=O) groups is 1. The molecule has 6 nitrogen and oxygen atoms in total. The molecule has 0 aromatic heterocycles. The maximum Gasteiger partial charge on any atom is 0.323 e. The molecule has 0 heterocycles. The summed E-state index contributed by atoms with van der Waals surface area (Å²) < 4.78 is 5.04. The Morgan fingerprint density at radius 3 is 2.78 bits per heavy atom. The van der Waals surface area contributed by atoms with Crippen molar-refractivity contribution in [3.63, 3.8) is 0 Å². The van der Waals surface area contributed by atoms with E-state index in [0.717, 1.165) is 5.56 Å². The van der Waals surface area contributed by atoms with Gasteiger partial charge in [-0.1, -0.05) is 6.07 Å². The Hall–Kier alpha value is -1.79. The highest BCUT2D eigenvalue weighted by atomic mass is 16.5. The third-order valence-electron chi connectivity index (χ3n) is 2.58. The quantitative estimate of drug-likeness (QED) is 0.505. The summed E-state index contributed by atoms with van der Waals surface area (Å²) in [6.45, 7) is 0.0172. The molecule has 1 aromatic rings. The Kier molecular flexibility index (Phi) is 5.41. The van der Waals surface area contributed by atoms with Crippen molar-refractivity contribution < 1.29 is 19.7 Å². The van der Waals surface area contributed by atoms with E-state index in [1.54, 1.807) is 19.2 Å². The molecule has 0 radical (unpaired) electrons. The number of anilines is 1. The summed E-state index contributed by atoms with van der Waals surface area (Å²) in [7, 11) is 1.55. The van der Waals surface area contributed by atoms with E-state index in [2.05, 4.69) is 5.32 Å². The van der Waals surface area contributed by atoms with Crippen molar-refractivity contribution >= 4 is 11.7 Å². The predicted molar refractivity (Wildman–Crippen MR) is 67.6 cm³/mol. The van der Waals surface area contributed by atoms with Crippen LogP contribution in [-0.2, 0) is 11.2 Å². The van der Waals surface area contributed by atoms with Crippen LogP contribution in [0.5, 0.6) is 5.75 Å². The van der Waals surface area contributed by atoms with Crippen molar-refractivity contribution in [3.05, 3.63) is 23.8 Å². The first kappa shape index (κ1) is 14.3. The smallest absolute Gasteiger partial charge is 0.323 e. The number of rotatable bonds is 7. The van der Waals surface area contributed by atoms with Gasteiger partial charge in [0, 0.05) is 6.54 Å². The summed E-state index contributed by atoms with van der Waals surface area (Å²) in [4.78, 5) is 10.7.